The average molecular weight is 921 g/mol. The summed E-state index contributed by atoms with van der Waals surface area (Å²) in [5, 5.41) is 12.3. The van der Waals surface area contributed by atoms with E-state index < -0.39 is 92.3 Å². The van der Waals surface area contributed by atoms with Crippen molar-refractivity contribution in [2.24, 2.45) is 5.92 Å². The number of unbranched alkanes of at least 4 members (excludes halogenated alkanes) is 7. The Morgan fingerprint density at radius 3 is 1.45 bits per heavy atom. The zero-order chi connectivity index (χ0) is 46.1. The monoisotopic (exact) mass is 921 g/mol. The molecule has 0 aromatic rings. The normalized spacial score (nSPS) is 35.7. The van der Waals surface area contributed by atoms with Crippen LogP contribution in [0.4, 0.5) is 0 Å². The molecule has 0 spiro atoms. The molecule has 4 aliphatic heterocycles. The molecule has 15 heteroatoms. The van der Waals surface area contributed by atoms with E-state index in [0.29, 0.717) is 46.2 Å². The molecule has 0 amide bonds. The first-order valence-corrected chi connectivity index (χ1v) is 25.7. The van der Waals surface area contributed by atoms with Crippen molar-refractivity contribution in [1.29, 1.82) is 0 Å². The lowest BCUT2D eigenvalue weighted by Crippen LogP contribution is -2.69. The number of hydrogen-bond donors (Lipinski definition) is 1. The fourth-order valence-electron chi connectivity index (χ4n) is 8.42. The Kier molecular flexibility index (Phi) is 28.2. The van der Waals surface area contributed by atoms with Gasteiger partial charge in [0.2, 0.25) is 0 Å². The van der Waals surface area contributed by atoms with Gasteiger partial charge in [0.05, 0.1) is 25.9 Å². The predicted molar refractivity (Wildman–Crippen MR) is 242 cm³/mol. The highest BCUT2D eigenvalue weighted by Gasteiger charge is 2.57. The molecule has 0 aromatic heterocycles. The molecule has 4 heterocycles. The van der Waals surface area contributed by atoms with Crippen molar-refractivity contribution in [3.8, 4) is 0 Å². The second-order valence-corrected chi connectivity index (χ2v) is 18.0. The zero-order valence-electron chi connectivity index (χ0n) is 41.4. The van der Waals surface area contributed by atoms with Gasteiger partial charge < -0.3 is 71.4 Å². The van der Waals surface area contributed by atoms with E-state index in [1.54, 1.807) is 0 Å². The van der Waals surface area contributed by atoms with Crippen LogP contribution in [0.2, 0.25) is 0 Å². The molecule has 1 N–H and O–H groups in total. The Balaban J connectivity index is 1.73. The van der Waals surface area contributed by atoms with Gasteiger partial charge in [-0.05, 0) is 51.9 Å². The Labute approximate surface area is 387 Å². The molecule has 4 fully saturated rings. The van der Waals surface area contributed by atoms with Crippen LogP contribution in [0.1, 0.15) is 152 Å². The molecule has 0 saturated carbocycles. The van der Waals surface area contributed by atoms with Crippen molar-refractivity contribution in [3.05, 3.63) is 0 Å². The summed E-state index contributed by atoms with van der Waals surface area (Å²) in [6, 6.07) is 0. The lowest BCUT2D eigenvalue weighted by atomic mass is 9.91. The van der Waals surface area contributed by atoms with Crippen molar-refractivity contribution < 1.29 is 71.4 Å². The second kappa shape index (κ2) is 32.3. The predicted octanol–water partition coefficient (Wildman–Crippen LogP) is 7.88. The van der Waals surface area contributed by atoms with E-state index in [9.17, 15) is 5.11 Å². The minimum atomic E-state index is -1.21. The third-order valence-electron chi connectivity index (χ3n) is 12.4. The van der Waals surface area contributed by atoms with E-state index in [4.69, 9.17) is 66.3 Å². The van der Waals surface area contributed by atoms with Gasteiger partial charge in [0.1, 0.15) is 61.0 Å². The standard InChI is InChI=1S/C49H92O15/c1-10-17-24-51-31-36-41(54-27-20-13-4)44(55-28-21-14-5)39(50)48(61-36)64-45-43-38(33-58-35(9)59-43)62-49(46(45)56-29-22-15-6)63-42-37(32-52-25-18-11-2)60-47(57-30-23-16-7)34(8)40(42)53-26-19-12-3/h34-50H,10-33H2,1-9H3/t34-,35?,36?,37?,38?,39-,40?,41-,42+,43+,44?,45?,46+,47+,48-,49-/m0/s1. The summed E-state index contributed by atoms with van der Waals surface area (Å²) in [5.41, 5.74) is 0. The van der Waals surface area contributed by atoms with Crippen LogP contribution < -0.4 is 0 Å². The van der Waals surface area contributed by atoms with Crippen LogP contribution in [0.3, 0.4) is 0 Å². The second-order valence-electron chi connectivity index (χ2n) is 18.0. The van der Waals surface area contributed by atoms with Crippen molar-refractivity contribution in [2.45, 2.75) is 245 Å². The molecular formula is C49H92O15. The van der Waals surface area contributed by atoms with E-state index in [1.165, 1.54) is 0 Å². The molecule has 4 aliphatic rings. The van der Waals surface area contributed by atoms with Gasteiger partial charge in [-0.25, -0.2) is 0 Å². The van der Waals surface area contributed by atoms with Crippen LogP contribution in [-0.4, -0.2) is 163 Å². The van der Waals surface area contributed by atoms with Crippen LogP contribution in [0.5, 0.6) is 0 Å². The molecule has 378 valence electrons. The highest BCUT2D eigenvalue weighted by atomic mass is 16.8. The van der Waals surface area contributed by atoms with Crippen molar-refractivity contribution in [2.75, 3.05) is 66.1 Å². The molecule has 16 atom stereocenters. The third kappa shape index (κ3) is 17.4. The summed E-state index contributed by atoms with van der Waals surface area (Å²) in [4.78, 5) is 0. The van der Waals surface area contributed by atoms with Crippen molar-refractivity contribution in [1.82, 2.24) is 0 Å². The van der Waals surface area contributed by atoms with Crippen molar-refractivity contribution in [3.63, 3.8) is 0 Å². The molecule has 0 radical (unpaired) electrons. The highest BCUT2D eigenvalue weighted by molar-refractivity contribution is 4.99. The lowest BCUT2D eigenvalue weighted by molar-refractivity contribution is -0.407. The molecule has 15 nitrogen and oxygen atoms in total. The Morgan fingerprint density at radius 1 is 0.438 bits per heavy atom. The molecule has 64 heavy (non-hydrogen) atoms. The maximum absolute atomic E-state index is 12.3. The van der Waals surface area contributed by atoms with Crippen LogP contribution >= 0.6 is 0 Å². The average Bonchev–Trinajstić information content (AvgIpc) is 3.29. The topological polar surface area (TPSA) is 149 Å². The summed E-state index contributed by atoms with van der Waals surface area (Å²) < 4.78 is 92.6. The Bertz CT molecular complexity index is 1160. The molecule has 4 rings (SSSR count). The van der Waals surface area contributed by atoms with Gasteiger partial charge in [0, 0.05) is 52.2 Å². The lowest BCUT2D eigenvalue weighted by Gasteiger charge is -2.52. The molecule has 0 aromatic carbocycles. The fourth-order valence-corrected chi connectivity index (χ4v) is 8.42. The van der Waals surface area contributed by atoms with Crippen molar-refractivity contribution >= 4 is 0 Å². The largest absolute Gasteiger partial charge is 0.385 e. The van der Waals surface area contributed by atoms with Gasteiger partial charge in [-0.3, -0.25) is 0 Å². The number of ether oxygens (including phenoxy) is 14. The van der Waals surface area contributed by atoms with Gasteiger partial charge in [-0.2, -0.15) is 0 Å². The van der Waals surface area contributed by atoms with Gasteiger partial charge in [0.15, 0.2) is 25.2 Å². The van der Waals surface area contributed by atoms with E-state index in [2.05, 4.69) is 55.4 Å². The summed E-state index contributed by atoms with van der Waals surface area (Å²) >= 11 is 0. The number of aliphatic hydroxyl groups excluding tert-OH is 1. The van der Waals surface area contributed by atoms with Crippen LogP contribution in [-0.2, 0) is 66.3 Å². The smallest absolute Gasteiger partial charge is 0.187 e. The van der Waals surface area contributed by atoms with E-state index in [0.717, 1.165) is 89.9 Å². The number of hydrogen-bond acceptors (Lipinski definition) is 15. The van der Waals surface area contributed by atoms with E-state index >= 15 is 0 Å². The maximum atomic E-state index is 12.3. The SMILES string of the molecule is CCCCOCC1O[C@@H](OCCCC)[C@@H](C)C(OCCCC)[C@@H]1O[C@@H]1OC2COC(C)O[C@H]2C(O[C@@H]2OC(COCCCC)[C@H](OCCCC)C(OCCCC)[C@@H]2O)[C@H]1OCCCC. The van der Waals surface area contributed by atoms with Crippen LogP contribution in [0.25, 0.3) is 0 Å². The first kappa shape index (κ1) is 56.0. The van der Waals surface area contributed by atoms with Gasteiger partial charge in [-0.15, -0.1) is 0 Å². The Morgan fingerprint density at radius 2 is 0.891 bits per heavy atom. The highest BCUT2D eigenvalue weighted by Crippen LogP contribution is 2.39. The van der Waals surface area contributed by atoms with E-state index in [-0.39, 0.29) is 25.7 Å². The van der Waals surface area contributed by atoms with Crippen LogP contribution in [0.15, 0.2) is 0 Å². The third-order valence-corrected chi connectivity index (χ3v) is 12.4. The molecule has 7 unspecified atom stereocenters. The summed E-state index contributed by atoms with van der Waals surface area (Å²) in [6.45, 7) is 23.4. The minimum absolute atomic E-state index is 0.171. The molecule has 4 saturated heterocycles. The minimum Gasteiger partial charge on any atom is -0.385 e. The zero-order valence-corrected chi connectivity index (χ0v) is 41.4. The number of rotatable bonds is 34. The van der Waals surface area contributed by atoms with Gasteiger partial charge in [-0.1, -0.05) is 100 Å². The quantitative estimate of drug-likeness (QED) is 0.0624. The summed E-state index contributed by atoms with van der Waals surface area (Å²) in [5.74, 6) is -0.171. The van der Waals surface area contributed by atoms with Gasteiger partial charge >= 0.3 is 0 Å². The molecule has 0 bridgehead atoms. The number of fused-ring (bicyclic) bond motifs is 1. The Hall–Kier alpha value is -0.600. The molecular weight excluding hydrogens is 829 g/mol. The van der Waals surface area contributed by atoms with Gasteiger partial charge in [0.25, 0.3) is 0 Å². The molecule has 0 aliphatic carbocycles. The number of aliphatic hydroxyl groups is 1. The fraction of sp³-hybridized carbons (Fsp3) is 1.00. The summed E-state index contributed by atoms with van der Waals surface area (Å²) in [6.07, 6.45) is 2.28. The van der Waals surface area contributed by atoms with Crippen LogP contribution in [0, 0.1) is 5.92 Å². The first-order chi connectivity index (χ1) is 31.3. The first-order valence-electron chi connectivity index (χ1n) is 25.7. The van der Waals surface area contributed by atoms with E-state index in [1.807, 2.05) is 6.92 Å². The summed E-state index contributed by atoms with van der Waals surface area (Å²) in [7, 11) is 0. The maximum Gasteiger partial charge on any atom is 0.187 e.